The van der Waals surface area contributed by atoms with Crippen molar-refractivity contribution in [2.75, 3.05) is 20.2 Å². The Morgan fingerprint density at radius 3 is 2.68 bits per heavy atom. The maximum atomic E-state index is 13.2. The van der Waals surface area contributed by atoms with Crippen LogP contribution in [0.3, 0.4) is 0 Å². The fourth-order valence-corrected chi connectivity index (χ4v) is 2.84. The molecule has 3 rings (SSSR count). The topological polar surface area (TPSA) is 30.5 Å². The lowest BCUT2D eigenvalue weighted by molar-refractivity contribution is 0.116. The Hall–Kier alpha value is -1.29. The van der Waals surface area contributed by atoms with Gasteiger partial charge in [-0.1, -0.05) is 0 Å². The Morgan fingerprint density at radius 2 is 2.05 bits per heavy atom. The third-order valence-corrected chi connectivity index (χ3v) is 4.04. The van der Waals surface area contributed by atoms with Crippen LogP contribution in [0.2, 0.25) is 0 Å². The van der Waals surface area contributed by atoms with Crippen LogP contribution in [0.4, 0.5) is 4.39 Å². The summed E-state index contributed by atoms with van der Waals surface area (Å²) in [6.45, 7) is 2.09. The van der Waals surface area contributed by atoms with E-state index in [1.54, 1.807) is 13.2 Å². The van der Waals surface area contributed by atoms with Crippen molar-refractivity contribution in [1.82, 2.24) is 5.32 Å². The molecule has 4 heteroatoms. The molecule has 2 atom stereocenters. The Balaban J connectivity index is 1.77. The van der Waals surface area contributed by atoms with Gasteiger partial charge in [0.1, 0.15) is 11.9 Å². The van der Waals surface area contributed by atoms with Gasteiger partial charge in [-0.2, -0.15) is 0 Å². The highest BCUT2D eigenvalue weighted by atomic mass is 19.1. The van der Waals surface area contributed by atoms with Crippen LogP contribution in [-0.2, 0) is 0 Å². The van der Waals surface area contributed by atoms with Crippen molar-refractivity contribution < 1.29 is 13.9 Å². The largest absolute Gasteiger partial charge is 0.493 e. The first-order valence-corrected chi connectivity index (χ1v) is 6.99. The van der Waals surface area contributed by atoms with E-state index in [9.17, 15) is 4.39 Å². The van der Waals surface area contributed by atoms with Gasteiger partial charge in [-0.25, -0.2) is 4.39 Å². The molecule has 3 nitrogen and oxygen atoms in total. The fourth-order valence-electron chi connectivity index (χ4n) is 2.84. The summed E-state index contributed by atoms with van der Waals surface area (Å²) >= 11 is 0. The Kier molecular flexibility index (Phi) is 3.60. The van der Waals surface area contributed by atoms with Gasteiger partial charge in [-0.3, -0.25) is 0 Å². The summed E-state index contributed by atoms with van der Waals surface area (Å²) in [5, 5.41) is 3.39. The molecule has 1 aliphatic heterocycles. The molecule has 1 aliphatic carbocycles. The number of hydrogen-bond acceptors (Lipinski definition) is 3. The average Bonchev–Trinajstić information content (AvgIpc) is 3.11. The highest BCUT2D eigenvalue weighted by Crippen LogP contribution is 2.41. The molecule has 104 valence electrons. The van der Waals surface area contributed by atoms with E-state index >= 15 is 0 Å². The summed E-state index contributed by atoms with van der Waals surface area (Å²) in [4.78, 5) is 0. The van der Waals surface area contributed by atoms with Crippen LogP contribution >= 0.6 is 0 Å². The fraction of sp³-hybridized carbons (Fsp3) is 0.600. The van der Waals surface area contributed by atoms with Crippen molar-refractivity contribution in [1.29, 1.82) is 0 Å². The van der Waals surface area contributed by atoms with Crippen molar-refractivity contribution in [3.05, 3.63) is 24.0 Å². The molecule has 0 amide bonds. The smallest absolute Gasteiger partial charge is 0.163 e. The Morgan fingerprint density at radius 1 is 1.21 bits per heavy atom. The maximum absolute atomic E-state index is 13.2. The molecule has 1 saturated carbocycles. The summed E-state index contributed by atoms with van der Waals surface area (Å²) in [5.41, 5.74) is 0. The molecule has 0 spiro atoms. The zero-order valence-electron chi connectivity index (χ0n) is 11.2. The third-order valence-electron chi connectivity index (χ3n) is 4.04. The predicted molar refractivity (Wildman–Crippen MR) is 71.1 cm³/mol. The summed E-state index contributed by atoms with van der Waals surface area (Å²) in [7, 11) is 1.55. The van der Waals surface area contributed by atoms with E-state index < -0.39 is 0 Å². The van der Waals surface area contributed by atoms with E-state index in [-0.39, 0.29) is 11.9 Å². The number of rotatable bonds is 5. The van der Waals surface area contributed by atoms with Crippen LogP contribution in [0, 0.1) is 17.7 Å². The molecule has 1 saturated heterocycles. The van der Waals surface area contributed by atoms with E-state index in [0.29, 0.717) is 23.3 Å². The average molecular weight is 265 g/mol. The first-order chi connectivity index (χ1) is 9.28. The lowest BCUT2D eigenvalue weighted by atomic mass is 9.97. The van der Waals surface area contributed by atoms with Crippen LogP contribution in [0.15, 0.2) is 18.2 Å². The molecule has 0 radical (unpaired) electrons. The van der Waals surface area contributed by atoms with Crippen molar-refractivity contribution in [2.45, 2.75) is 25.4 Å². The van der Waals surface area contributed by atoms with Gasteiger partial charge in [0.2, 0.25) is 0 Å². The van der Waals surface area contributed by atoms with Gasteiger partial charge in [0.05, 0.1) is 7.11 Å². The zero-order valence-corrected chi connectivity index (χ0v) is 11.2. The minimum Gasteiger partial charge on any atom is -0.493 e. The van der Waals surface area contributed by atoms with Gasteiger partial charge in [0.15, 0.2) is 11.5 Å². The number of benzene rings is 1. The highest BCUT2D eigenvalue weighted by Gasteiger charge is 2.39. The second-order valence-electron chi connectivity index (χ2n) is 5.47. The third kappa shape index (κ3) is 2.84. The maximum Gasteiger partial charge on any atom is 0.163 e. The molecule has 0 aromatic heterocycles. The quantitative estimate of drug-likeness (QED) is 0.887. The van der Waals surface area contributed by atoms with E-state index in [1.807, 2.05) is 0 Å². The number of halogens is 1. The van der Waals surface area contributed by atoms with Crippen LogP contribution in [0.25, 0.3) is 0 Å². The van der Waals surface area contributed by atoms with E-state index in [4.69, 9.17) is 9.47 Å². The lowest BCUT2D eigenvalue weighted by Crippen LogP contribution is -2.31. The number of methoxy groups -OCH3 is 1. The van der Waals surface area contributed by atoms with Gasteiger partial charge in [-0.05, 0) is 43.9 Å². The molecule has 1 N–H and O–H groups in total. The summed E-state index contributed by atoms with van der Waals surface area (Å²) in [6, 6.07) is 4.48. The van der Waals surface area contributed by atoms with E-state index in [0.717, 1.165) is 19.5 Å². The molecule has 2 aliphatic rings. The number of nitrogens with one attached hydrogen (secondary N) is 1. The predicted octanol–water partition coefficient (Wildman–Crippen LogP) is 2.60. The van der Waals surface area contributed by atoms with Crippen LogP contribution in [-0.4, -0.2) is 26.3 Å². The van der Waals surface area contributed by atoms with Gasteiger partial charge >= 0.3 is 0 Å². The summed E-state index contributed by atoms with van der Waals surface area (Å²) < 4.78 is 24.6. The molecule has 1 aromatic carbocycles. The lowest BCUT2D eigenvalue weighted by Gasteiger charge is -2.25. The van der Waals surface area contributed by atoms with E-state index in [1.165, 1.54) is 25.0 Å². The molecule has 0 bridgehead atoms. The second-order valence-corrected chi connectivity index (χ2v) is 5.47. The van der Waals surface area contributed by atoms with Crippen molar-refractivity contribution in [2.24, 2.45) is 11.8 Å². The highest BCUT2D eigenvalue weighted by molar-refractivity contribution is 5.40. The molecule has 2 fully saturated rings. The molecule has 1 unspecified atom stereocenters. The van der Waals surface area contributed by atoms with Crippen LogP contribution in [0.5, 0.6) is 11.5 Å². The standard InChI is InChI=1S/C15H20FNO2/c1-18-14-8-12(16)4-5-13(14)19-15(10-2-3-10)11-6-7-17-9-11/h4-5,8,10-11,15,17H,2-3,6-7,9H2,1H3/t11-,15?/m0/s1. The first-order valence-electron chi connectivity index (χ1n) is 6.99. The molecule has 1 heterocycles. The summed E-state index contributed by atoms with van der Waals surface area (Å²) in [6.07, 6.45) is 3.87. The Labute approximate surface area is 113 Å². The molecular formula is C15H20FNO2. The molecule has 1 aromatic rings. The van der Waals surface area contributed by atoms with Crippen molar-refractivity contribution in [3.63, 3.8) is 0 Å². The normalized spacial score (nSPS) is 24.2. The molecular weight excluding hydrogens is 245 g/mol. The second kappa shape index (κ2) is 5.37. The number of ether oxygens (including phenoxy) is 2. The first kappa shape index (κ1) is 12.7. The van der Waals surface area contributed by atoms with Crippen molar-refractivity contribution in [3.8, 4) is 11.5 Å². The molecule has 19 heavy (non-hydrogen) atoms. The zero-order chi connectivity index (χ0) is 13.2. The van der Waals surface area contributed by atoms with Crippen LogP contribution < -0.4 is 14.8 Å². The van der Waals surface area contributed by atoms with Crippen molar-refractivity contribution >= 4 is 0 Å². The van der Waals surface area contributed by atoms with Gasteiger partial charge in [-0.15, -0.1) is 0 Å². The minimum absolute atomic E-state index is 0.231. The Bertz CT molecular complexity index is 442. The SMILES string of the molecule is COc1cc(F)ccc1OC(C1CC1)[C@H]1CCNC1. The van der Waals surface area contributed by atoms with Gasteiger partial charge in [0, 0.05) is 18.5 Å². The monoisotopic (exact) mass is 265 g/mol. The van der Waals surface area contributed by atoms with E-state index in [2.05, 4.69) is 5.32 Å². The minimum atomic E-state index is -0.297. The number of hydrogen-bond donors (Lipinski definition) is 1. The van der Waals surface area contributed by atoms with Gasteiger partial charge in [0.25, 0.3) is 0 Å². The van der Waals surface area contributed by atoms with Gasteiger partial charge < -0.3 is 14.8 Å². The van der Waals surface area contributed by atoms with Crippen LogP contribution in [0.1, 0.15) is 19.3 Å². The summed E-state index contributed by atoms with van der Waals surface area (Å²) in [5.74, 6) is 2.06.